The standard InChI is InChI=1S/C25H20ClN3O3S/c1-3-32-24(31)21-14(2)28-25-29(22(21)17-9-4-6-10-18(17)26)23(30)20(33-25)12-15-13-27-19-11-7-5-8-16(15)19/h4-13,22,27H,3H2,1-2H3/b20-12-/t22-/m0/s1. The molecule has 0 saturated carbocycles. The molecule has 0 unspecified atom stereocenters. The minimum Gasteiger partial charge on any atom is -0.463 e. The molecule has 1 atom stereocenters. The van der Waals surface area contributed by atoms with Gasteiger partial charge in [-0.25, -0.2) is 9.79 Å². The minimum absolute atomic E-state index is 0.218. The summed E-state index contributed by atoms with van der Waals surface area (Å²) in [6.45, 7) is 3.72. The van der Waals surface area contributed by atoms with E-state index >= 15 is 0 Å². The van der Waals surface area contributed by atoms with E-state index in [2.05, 4.69) is 9.98 Å². The van der Waals surface area contributed by atoms with E-state index in [4.69, 9.17) is 16.3 Å². The third-order valence-electron chi connectivity index (χ3n) is 5.62. The molecule has 2 aromatic carbocycles. The lowest BCUT2D eigenvalue weighted by Gasteiger charge is -2.25. The highest BCUT2D eigenvalue weighted by Gasteiger charge is 2.34. The number of hydrogen-bond donors (Lipinski definition) is 1. The van der Waals surface area contributed by atoms with Gasteiger partial charge in [0.2, 0.25) is 0 Å². The maximum atomic E-state index is 13.7. The quantitative estimate of drug-likeness (QED) is 0.452. The SMILES string of the molecule is CCOC(=O)C1=C(C)N=c2s/c(=C\c3c[nH]c4ccccc34)c(=O)n2[C@H]1c1ccccc1Cl. The van der Waals surface area contributed by atoms with Gasteiger partial charge in [-0.05, 0) is 37.6 Å². The van der Waals surface area contributed by atoms with Gasteiger partial charge >= 0.3 is 5.97 Å². The first-order valence-electron chi connectivity index (χ1n) is 10.5. The highest BCUT2D eigenvalue weighted by molar-refractivity contribution is 7.07. The Kier molecular flexibility index (Phi) is 5.52. The number of rotatable bonds is 4. The van der Waals surface area contributed by atoms with Crippen LogP contribution in [0.15, 0.2) is 75.8 Å². The zero-order valence-corrected chi connectivity index (χ0v) is 19.5. The maximum Gasteiger partial charge on any atom is 0.338 e. The number of carbonyl (C=O) groups is 1. The molecule has 0 amide bonds. The van der Waals surface area contributed by atoms with Crippen LogP contribution in [-0.2, 0) is 9.53 Å². The highest BCUT2D eigenvalue weighted by atomic mass is 35.5. The van der Waals surface area contributed by atoms with Crippen molar-refractivity contribution in [3.8, 4) is 0 Å². The smallest absolute Gasteiger partial charge is 0.338 e. The summed E-state index contributed by atoms with van der Waals surface area (Å²) in [6, 6.07) is 14.4. The van der Waals surface area contributed by atoms with Crippen LogP contribution in [0.5, 0.6) is 0 Å². The monoisotopic (exact) mass is 477 g/mol. The zero-order chi connectivity index (χ0) is 23.1. The lowest BCUT2D eigenvalue weighted by molar-refractivity contribution is -0.139. The molecule has 0 aliphatic carbocycles. The average molecular weight is 478 g/mol. The molecule has 0 bridgehead atoms. The van der Waals surface area contributed by atoms with Crippen molar-refractivity contribution >= 4 is 45.9 Å². The van der Waals surface area contributed by atoms with E-state index in [0.29, 0.717) is 31.2 Å². The number of aromatic amines is 1. The molecule has 4 aromatic rings. The Morgan fingerprint density at radius 1 is 1.24 bits per heavy atom. The Hall–Kier alpha value is -3.42. The molecule has 1 aliphatic heterocycles. The van der Waals surface area contributed by atoms with Crippen LogP contribution in [0.2, 0.25) is 5.02 Å². The largest absolute Gasteiger partial charge is 0.463 e. The zero-order valence-electron chi connectivity index (χ0n) is 18.0. The molecule has 0 saturated heterocycles. The topological polar surface area (TPSA) is 76.4 Å². The second-order valence-corrected chi connectivity index (χ2v) is 9.03. The van der Waals surface area contributed by atoms with Crippen LogP contribution in [0.4, 0.5) is 0 Å². The number of ether oxygens (including phenoxy) is 1. The summed E-state index contributed by atoms with van der Waals surface area (Å²) in [5.74, 6) is -0.505. The van der Waals surface area contributed by atoms with E-state index in [-0.39, 0.29) is 12.2 Å². The van der Waals surface area contributed by atoms with Gasteiger partial charge in [-0.2, -0.15) is 0 Å². The van der Waals surface area contributed by atoms with Gasteiger partial charge in [-0.15, -0.1) is 0 Å². The highest BCUT2D eigenvalue weighted by Crippen LogP contribution is 2.34. The third-order valence-corrected chi connectivity index (χ3v) is 6.95. The summed E-state index contributed by atoms with van der Waals surface area (Å²) in [5, 5.41) is 1.49. The van der Waals surface area contributed by atoms with Crippen molar-refractivity contribution in [3.63, 3.8) is 0 Å². The van der Waals surface area contributed by atoms with Crippen molar-refractivity contribution in [1.82, 2.24) is 9.55 Å². The maximum absolute atomic E-state index is 13.7. The number of thiazole rings is 1. The van der Waals surface area contributed by atoms with Gasteiger partial charge in [0, 0.05) is 27.7 Å². The van der Waals surface area contributed by atoms with Crippen LogP contribution >= 0.6 is 22.9 Å². The first-order chi connectivity index (χ1) is 16.0. The first-order valence-corrected chi connectivity index (χ1v) is 11.7. The number of esters is 1. The number of para-hydroxylation sites is 1. The number of halogens is 1. The number of allylic oxidation sites excluding steroid dienone is 1. The van der Waals surface area contributed by atoms with Crippen LogP contribution in [0.25, 0.3) is 17.0 Å². The molecular weight excluding hydrogens is 458 g/mol. The number of nitrogens with one attached hydrogen (secondary N) is 1. The van der Waals surface area contributed by atoms with E-state index in [1.54, 1.807) is 24.5 Å². The predicted octanol–water partition coefficient (Wildman–Crippen LogP) is 3.93. The lowest BCUT2D eigenvalue weighted by atomic mass is 9.96. The van der Waals surface area contributed by atoms with Crippen LogP contribution in [-0.4, -0.2) is 22.1 Å². The van der Waals surface area contributed by atoms with Crippen molar-refractivity contribution in [3.05, 3.63) is 102 Å². The fourth-order valence-electron chi connectivity index (χ4n) is 4.14. The Bertz CT molecular complexity index is 1610. The third kappa shape index (κ3) is 3.63. The number of benzene rings is 2. The van der Waals surface area contributed by atoms with E-state index in [9.17, 15) is 9.59 Å². The Morgan fingerprint density at radius 2 is 2.00 bits per heavy atom. The van der Waals surface area contributed by atoms with Gasteiger partial charge in [0.05, 0.1) is 22.4 Å². The molecule has 166 valence electrons. The van der Waals surface area contributed by atoms with Gasteiger partial charge < -0.3 is 9.72 Å². The summed E-state index contributed by atoms with van der Waals surface area (Å²) >= 11 is 7.82. The molecule has 8 heteroatoms. The van der Waals surface area contributed by atoms with E-state index < -0.39 is 12.0 Å². The molecule has 1 aliphatic rings. The predicted molar refractivity (Wildman–Crippen MR) is 130 cm³/mol. The van der Waals surface area contributed by atoms with Crippen LogP contribution in [0.1, 0.15) is 31.0 Å². The van der Waals surface area contributed by atoms with Crippen molar-refractivity contribution in [1.29, 1.82) is 0 Å². The molecule has 2 aromatic heterocycles. The summed E-state index contributed by atoms with van der Waals surface area (Å²) < 4.78 is 7.38. The Morgan fingerprint density at radius 3 is 2.79 bits per heavy atom. The molecule has 3 heterocycles. The molecule has 0 fully saturated rings. The number of hydrogen-bond acceptors (Lipinski definition) is 5. The van der Waals surface area contributed by atoms with Gasteiger partial charge in [0.1, 0.15) is 6.04 Å². The fourth-order valence-corrected chi connectivity index (χ4v) is 5.41. The van der Waals surface area contributed by atoms with E-state index in [0.717, 1.165) is 16.5 Å². The number of nitrogens with zero attached hydrogens (tertiary/aromatic N) is 2. The Balaban J connectivity index is 1.76. The van der Waals surface area contributed by atoms with Crippen molar-refractivity contribution < 1.29 is 9.53 Å². The van der Waals surface area contributed by atoms with E-state index in [1.165, 1.54) is 11.3 Å². The molecular formula is C25H20ClN3O3S. The summed E-state index contributed by atoms with van der Waals surface area (Å²) in [4.78, 5) is 34.9. The van der Waals surface area contributed by atoms with Gasteiger partial charge in [-0.1, -0.05) is 59.3 Å². The molecule has 33 heavy (non-hydrogen) atoms. The lowest BCUT2D eigenvalue weighted by Crippen LogP contribution is -2.40. The van der Waals surface area contributed by atoms with Gasteiger partial charge in [0.15, 0.2) is 4.80 Å². The van der Waals surface area contributed by atoms with Crippen molar-refractivity contribution in [2.24, 2.45) is 4.99 Å². The van der Waals surface area contributed by atoms with Crippen LogP contribution in [0, 0.1) is 0 Å². The molecule has 0 radical (unpaired) electrons. The van der Waals surface area contributed by atoms with Crippen molar-refractivity contribution in [2.75, 3.05) is 6.61 Å². The number of carbonyl (C=O) groups excluding carboxylic acids is 1. The van der Waals surface area contributed by atoms with E-state index in [1.807, 2.05) is 54.7 Å². The van der Waals surface area contributed by atoms with Gasteiger partial charge in [-0.3, -0.25) is 9.36 Å². The molecule has 0 spiro atoms. The van der Waals surface area contributed by atoms with Crippen molar-refractivity contribution in [2.45, 2.75) is 19.9 Å². The number of H-pyrrole nitrogens is 1. The average Bonchev–Trinajstić information content (AvgIpc) is 3.34. The summed E-state index contributed by atoms with van der Waals surface area (Å²) in [7, 11) is 0. The fraction of sp³-hybridized carbons (Fsp3) is 0.160. The first kappa shape index (κ1) is 21.4. The van der Waals surface area contributed by atoms with Gasteiger partial charge in [0.25, 0.3) is 5.56 Å². The second-order valence-electron chi connectivity index (χ2n) is 7.61. The Labute approximate surface area is 198 Å². The normalized spacial score (nSPS) is 16.1. The molecule has 1 N–H and O–H groups in total. The second kappa shape index (κ2) is 8.50. The molecule has 6 nitrogen and oxygen atoms in total. The van der Waals surface area contributed by atoms with Crippen LogP contribution < -0.4 is 14.9 Å². The summed E-state index contributed by atoms with van der Waals surface area (Å²) in [6.07, 6.45) is 3.74. The minimum atomic E-state index is -0.723. The number of aromatic nitrogens is 2. The number of fused-ring (bicyclic) bond motifs is 2. The molecule has 5 rings (SSSR count). The van der Waals surface area contributed by atoms with Crippen LogP contribution in [0.3, 0.4) is 0 Å². The summed E-state index contributed by atoms with van der Waals surface area (Å²) in [5.41, 5.74) is 3.14.